The molecule has 1 heterocycles. The maximum absolute atomic E-state index is 12.9. The lowest BCUT2D eigenvalue weighted by atomic mass is 10.0. The molecule has 1 amide bonds. The van der Waals surface area contributed by atoms with Crippen LogP contribution in [0.15, 0.2) is 60.7 Å². The average Bonchev–Trinajstić information content (AvgIpc) is 3.15. The van der Waals surface area contributed by atoms with Crippen molar-refractivity contribution in [1.29, 1.82) is 0 Å². The molecule has 1 N–H and O–H groups in total. The topological polar surface area (TPSA) is 86.6 Å². The highest BCUT2D eigenvalue weighted by atomic mass is 19.3. The number of hydrogen-bond acceptors (Lipinski definition) is 5. The number of rotatable bonds is 10. The smallest absolute Gasteiger partial charge is 0.387 e. The van der Waals surface area contributed by atoms with Gasteiger partial charge in [-0.1, -0.05) is 32.0 Å². The van der Waals surface area contributed by atoms with Gasteiger partial charge >= 0.3 is 12.6 Å². The first-order valence-corrected chi connectivity index (χ1v) is 11.4. The predicted molar refractivity (Wildman–Crippen MR) is 130 cm³/mol. The van der Waals surface area contributed by atoms with Gasteiger partial charge in [-0.3, -0.25) is 9.59 Å². The standard InChI is InChI=1S/C27H28F2N2O5/c1-16(2)24(30-25(33)19-8-6-5-7-9-19)26(34)35-15-23(32)22-14-17(3)31(18(22)4)20-10-12-21(13-11-20)36-27(28)29/h5-14,16,24,27H,15H2,1-4H3,(H,30,33). The van der Waals surface area contributed by atoms with Crippen LogP contribution in [0.2, 0.25) is 0 Å². The molecule has 0 aliphatic rings. The molecule has 0 radical (unpaired) electrons. The zero-order valence-corrected chi connectivity index (χ0v) is 20.5. The molecule has 0 bridgehead atoms. The number of aryl methyl sites for hydroxylation is 1. The molecule has 7 nitrogen and oxygen atoms in total. The summed E-state index contributed by atoms with van der Waals surface area (Å²) in [7, 11) is 0. The van der Waals surface area contributed by atoms with E-state index in [4.69, 9.17) is 4.74 Å². The molecule has 190 valence electrons. The van der Waals surface area contributed by atoms with Crippen LogP contribution in [0.25, 0.3) is 5.69 Å². The van der Waals surface area contributed by atoms with Crippen LogP contribution in [-0.4, -0.2) is 41.5 Å². The molecule has 1 unspecified atom stereocenters. The Hall–Kier alpha value is -4.01. The molecule has 0 spiro atoms. The molecule has 0 aliphatic carbocycles. The fourth-order valence-electron chi connectivity index (χ4n) is 3.84. The van der Waals surface area contributed by atoms with E-state index < -0.39 is 36.9 Å². The number of ketones is 1. The maximum Gasteiger partial charge on any atom is 0.387 e. The maximum atomic E-state index is 12.9. The fraction of sp³-hybridized carbons (Fsp3) is 0.296. The second kappa shape index (κ2) is 11.6. The van der Waals surface area contributed by atoms with E-state index in [1.165, 1.54) is 12.1 Å². The van der Waals surface area contributed by atoms with E-state index in [0.29, 0.717) is 22.5 Å². The number of carbonyl (C=O) groups is 3. The van der Waals surface area contributed by atoms with Crippen molar-refractivity contribution < 1.29 is 32.6 Å². The normalized spacial score (nSPS) is 11.9. The number of halogens is 2. The monoisotopic (exact) mass is 498 g/mol. The van der Waals surface area contributed by atoms with Crippen LogP contribution >= 0.6 is 0 Å². The Morgan fingerprint density at radius 2 is 1.61 bits per heavy atom. The van der Waals surface area contributed by atoms with Crippen molar-refractivity contribution in [3.63, 3.8) is 0 Å². The van der Waals surface area contributed by atoms with Crippen molar-refractivity contribution in [2.24, 2.45) is 5.92 Å². The number of nitrogens with one attached hydrogen (secondary N) is 1. The quantitative estimate of drug-likeness (QED) is 0.318. The first kappa shape index (κ1) is 26.6. The second-order valence-electron chi connectivity index (χ2n) is 8.58. The Bertz CT molecular complexity index is 1220. The van der Waals surface area contributed by atoms with Gasteiger partial charge in [-0.2, -0.15) is 8.78 Å². The minimum atomic E-state index is -2.92. The predicted octanol–water partition coefficient (Wildman–Crippen LogP) is 4.88. The van der Waals surface area contributed by atoms with Gasteiger partial charge in [-0.15, -0.1) is 0 Å². The molecule has 0 fully saturated rings. The number of nitrogens with zero attached hydrogens (tertiary/aromatic N) is 1. The van der Waals surface area contributed by atoms with E-state index in [0.717, 1.165) is 5.69 Å². The largest absolute Gasteiger partial charge is 0.456 e. The van der Waals surface area contributed by atoms with Crippen LogP contribution in [0.4, 0.5) is 8.78 Å². The van der Waals surface area contributed by atoms with Crippen LogP contribution in [0.1, 0.15) is 46.0 Å². The van der Waals surface area contributed by atoms with Gasteiger partial charge < -0.3 is 19.4 Å². The van der Waals surface area contributed by atoms with E-state index in [9.17, 15) is 23.2 Å². The molecule has 1 atom stereocenters. The van der Waals surface area contributed by atoms with Crippen LogP contribution in [0.3, 0.4) is 0 Å². The second-order valence-corrected chi connectivity index (χ2v) is 8.58. The highest BCUT2D eigenvalue weighted by Gasteiger charge is 2.27. The third-order valence-corrected chi connectivity index (χ3v) is 5.64. The van der Waals surface area contributed by atoms with Gasteiger partial charge in [0.2, 0.25) is 5.78 Å². The summed E-state index contributed by atoms with van der Waals surface area (Å²) in [6.07, 6.45) is 0. The van der Waals surface area contributed by atoms with Crippen molar-refractivity contribution in [1.82, 2.24) is 9.88 Å². The summed E-state index contributed by atoms with van der Waals surface area (Å²) in [5.74, 6) is -1.75. The summed E-state index contributed by atoms with van der Waals surface area (Å²) >= 11 is 0. The van der Waals surface area contributed by atoms with E-state index in [1.807, 2.05) is 0 Å². The molecule has 0 saturated carbocycles. The minimum absolute atomic E-state index is 0.0264. The van der Waals surface area contributed by atoms with Gasteiger partial charge in [-0.25, -0.2) is 4.79 Å². The summed E-state index contributed by atoms with van der Waals surface area (Å²) in [5.41, 5.74) is 2.77. The Balaban J connectivity index is 1.68. The number of amides is 1. The summed E-state index contributed by atoms with van der Waals surface area (Å²) in [6, 6.07) is 15.3. The molecule has 9 heteroatoms. The van der Waals surface area contributed by atoms with Gasteiger partial charge in [0.1, 0.15) is 11.8 Å². The number of ether oxygens (including phenoxy) is 2. The summed E-state index contributed by atoms with van der Waals surface area (Å²) in [4.78, 5) is 38.1. The fourth-order valence-corrected chi connectivity index (χ4v) is 3.84. The average molecular weight is 499 g/mol. The minimum Gasteiger partial charge on any atom is -0.456 e. The van der Waals surface area contributed by atoms with Crippen molar-refractivity contribution in [3.05, 3.63) is 83.2 Å². The van der Waals surface area contributed by atoms with Crippen LogP contribution in [-0.2, 0) is 9.53 Å². The molecule has 3 aromatic rings. The highest BCUT2D eigenvalue weighted by molar-refractivity contribution is 6.00. The molecule has 2 aromatic carbocycles. The number of hydrogen-bond donors (Lipinski definition) is 1. The Kier molecular flexibility index (Phi) is 8.58. The number of Topliss-reactive ketones (excluding diaryl/α,β-unsaturated/α-hetero) is 1. The lowest BCUT2D eigenvalue weighted by Crippen LogP contribution is -2.45. The van der Waals surface area contributed by atoms with E-state index >= 15 is 0 Å². The summed E-state index contributed by atoms with van der Waals surface area (Å²) < 4.78 is 36.3. The number of benzene rings is 2. The molecule has 36 heavy (non-hydrogen) atoms. The molecule has 0 saturated heterocycles. The van der Waals surface area contributed by atoms with E-state index in [2.05, 4.69) is 10.1 Å². The number of aromatic nitrogens is 1. The number of esters is 1. The first-order valence-electron chi connectivity index (χ1n) is 11.4. The molecular formula is C27H28F2N2O5. The SMILES string of the molecule is Cc1cc(C(=O)COC(=O)C(NC(=O)c2ccccc2)C(C)C)c(C)n1-c1ccc(OC(F)F)cc1. The molecule has 1 aromatic heterocycles. The zero-order valence-electron chi connectivity index (χ0n) is 20.5. The van der Waals surface area contributed by atoms with Crippen LogP contribution < -0.4 is 10.1 Å². The Morgan fingerprint density at radius 1 is 0.972 bits per heavy atom. The van der Waals surface area contributed by atoms with Crippen molar-refractivity contribution in [3.8, 4) is 11.4 Å². The lowest BCUT2D eigenvalue weighted by Gasteiger charge is -2.20. The highest BCUT2D eigenvalue weighted by Crippen LogP contribution is 2.24. The van der Waals surface area contributed by atoms with Gasteiger partial charge in [0.05, 0.1) is 0 Å². The van der Waals surface area contributed by atoms with Crippen LogP contribution in [0.5, 0.6) is 5.75 Å². The summed E-state index contributed by atoms with van der Waals surface area (Å²) in [5, 5.41) is 2.67. The van der Waals surface area contributed by atoms with Crippen molar-refractivity contribution in [2.45, 2.75) is 40.3 Å². The number of alkyl halides is 2. The van der Waals surface area contributed by atoms with Gasteiger partial charge in [0.25, 0.3) is 5.91 Å². The lowest BCUT2D eigenvalue weighted by molar-refractivity contribution is -0.145. The Morgan fingerprint density at radius 3 is 2.19 bits per heavy atom. The van der Waals surface area contributed by atoms with Gasteiger partial charge in [0, 0.05) is 28.2 Å². The number of carbonyl (C=O) groups excluding carboxylic acids is 3. The first-order chi connectivity index (χ1) is 17.1. The van der Waals surface area contributed by atoms with E-state index in [1.54, 1.807) is 80.8 Å². The Labute approximate surface area is 208 Å². The third kappa shape index (κ3) is 6.35. The van der Waals surface area contributed by atoms with Crippen molar-refractivity contribution >= 4 is 17.7 Å². The van der Waals surface area contributed by atoms with Gasteiger partial charge in [0.15, 0.2) is 6.61 Å². The van der Waals surface area contributed by atoms with Crippen LogP contribution in [0, 0.1) is 19.8 Å². The zero-order chi connectivity index (χ0) is 26.4. The molecular weight excluding hydrogens is 470 g/mol. The summed E-state index contributed by atoms with van der Waals surface area (Å²) in [6.45, 7) is 3.67. The molecule has 3 rings (SSSR count). The third-order valence-electron chi connectivity index (χ3n) is 5.64. The van der Waals surface area contributed by atoms with E-state index in [-0.39, 0.29) is 11.7 Å². The van der Waals surface area contributed by atoms with Gasteiger partial charge in [-0.05, 0) is 62.2 Å². The molecule has 0 aliphatic heterocycles. The van der Waals surface area contributed by atoms with Crippen molar-refractivity contribution in [2.75, 3.05) is 6.61 Å².